The van der Waals surface area contributed by atoms with E-state index in [1.165, 1.54) is 6.07 Å². The zero-order valence-corrected chi connectivity index (χ0v) is 12.2. The number of fused-ring (bicyclic) bond motifs is 1. The largest absolute Gasteiger partial charge is 0.298 e. The predicted octanol–water partition coefficient (Wildman–Crippen LogP) is 4.62. The second kappa shape index (κ2) is 5.58. The molecule has 0 unspecified atom stereocenters. The van der Waals surface area contributed by atoms with E-state index in [1.54, 1.807) is 0 Å². The second-order valence-electron chi connectivity index (χ2n) is 4.33. The first-order valence-electron chi connectivity index (χ1n) is 5.96. The number of hydrogen-bond acceptors (Lipinski definition) is 3. The van der Waals surface area contributed by atoms with Gasteiger partial charge < -0.3 is 0 Å². The number of nitrogens with zero attached hydrogens (tertiary/aromatic N) is 1. The van der Waals surface area contributed by atoms with Crippen LogP contribution in [0.3, 0.4) is 0 Å². The molecule has 22 heavy (non-hydrogen) atoms. The zero-order valence-electron chi connectivity index (χ0n) is 10.7. The fourth-order valence-electron chi connectivity index (χ4n) is 1.85. The lowest BCUT2D eigenvalue weighted by molar-refractivity contribution is 0.102. The summed E-state index contributed by atoms with van der Waals surface area (Å²) in [5.41, 5.74) is 0.0147. The van der Waals surface area contributed by atoms with Gasteiger partial charge >= 0.3 is 0 Å². The van der Waals surface area contributed by atoms with Crippen molar-refractivity contribution in [3.63, 3.8) is 0 Å². The Morgan fingerprint density at radius 2 is 1.91 bits per heavy atom. The number of carbonyl (C=O) groups is 1. The van der Waals surface area contributed by atoms with Crippen LogP contribution in [0.4, 0.5) is 18.3 Å². The molecule has 0 radical (unpaired) electrons. The van der Waals surface area contributed by atoms with Crippen LogP contribution in [0.1, 0.15) is 10.4 Å². The summed E-state index contributed by atoms with van der Waals surface area (Å²) in [5, 5.41) is 2.46. The van der Waals surface area contributed by atoms with Gasteiger partial charge in [0.05, 0.1) is 15.3 Å². The third-order valence-corrected chi connectivity index (χ3v) is 4.04. The highest BCUT2D eigenvalue weighted by atomic mass is 35.5. The van der Waals surface area contributed by atoms with E-state index < -0.39 is 23.4 Å². The fraction of sp³-hybridized carbons (Fsp3) is 0. The number of thiazole rings is 1. The van der Waals surface area contributed by atoms with Gasteiger partial charge in [0.2, 0.25) is 0 Å². The van der Waals surface area contributed by atoms with Gasteiger partial charge in [-0.3, -0.25) is 10.1 Å². The first-order chi connectivity index (χ1) is 10.4. The molecule has 0 aliphatic rings. The van der Waals surface area contributed by atoms with Crippen LogP contribution in [0.5, 0.6) is 0 Å². The highest BCUT2D eigenvalue weighted by Gasteiger charge is 2.15. The number of benzene rings is 2. The molecule has 1 heterocycles. The van der Waals surface area contributed by atoms with Crippen LogP contribution in [0.2, 0.25) is 5.02 Å². The van der Waals surface area contributed by atoms with Crippen LogP contribution in [0.15, 0.2) is 30.3 Å². The molecule has 1 N–H and O–H groups in total. The van der Waals surface area contributed by atoms with Gasteiger partial charge in [-0.15, -0.1) is 0 Å². The first-order valence-corrected chi connectivity index (χ1v) is 7.15. The molecule has 0 bridgehead atoms. The van der Waals surface area contributed by atoms with Crippen molar-refractivity contribution in [3.8, 4) is 0 Å². The van der Waals surface area contributed by atoms with E-state index in [4.69, 9.17) is 11.6 Å². The first kappa shape index (κ1) is 14.8. The van der Waals surface area contributed by atoms with E-state index in [9.17, 15) is 18.0 Å². The number of carbonyl (C=O) groups excluding carboxylic acids is 1. The maximum atomic E-state index is 13.6. The number of rotatable bonds is 2. The molecular weight excluding hydrogens is 337 g/mol. The van der Waals surface area contributed by atoms with Crippen molar-refractivity contribution in [1.29, 1.82) is 0 Å². The van der Waals surface area contributed by atoms with Crippen LogP contribution < -0.4 is 5.32 Å². The van der Waals surface area contributed by atoms with Crippen molar-refractivity contribution in [1.82, 2.24) is 4.98 Å². The van der Waals surface area contributed by atoms with Gasteiger partial charge in [0.15, 0.2) is 10.9 Å². The third-order valence-electron chi connectivity index (χ3n) is 2.81. The lowest BCUT2D eigenvalue weighted by atomic mass is 10.2. The topological polar surface area (TPSA) is 42.0 Å². The Kier molecular flexibility index (Phi) is 3.76. The van der Waals surface area contributed by atoms with Gasteiger partial charge in [-0.1, -0.05) is 22.9 Å². The molecule has 0 aliphatic heterocycles. The van der Waals surface area contributed by atoms with Crippen molar-refractivity contribution in [3.05, 3.63) is 58.4 Å². The Labute approximate surface area is 131 Å². The lowest BCUT2D eigenvalue weighted by Gasteiger charge is -2.03. The Bertz CT molecular complexity index is 897. The van der Waals surface area contributed by atoms with E-state index in [1.807, 2.05) is 0 Å². The lowest BCUT2D eigenvalue weighted by Crippen LogP contribution is -2.12. The van der Waals surface area contributed by atoms with Crippen LogP contribution >= 0.6 is 22.9 Å². The Morgan fingerprint density at radius 3 is 2.64 bits per heavy atom. The molecule has 2 aromatic carbocycles. The van der Waals surface area contributed by atoms with Crippen LogP contribution in [-0.2, 0) is 0 Å². The number of nitrogens with one attached hydrogen (secondary N) is 1. The van der Waals surface area contributed by atoms with Gasteiger partial charge in [-0.2, -0.15) is 0 Å². The minimum absolute atomic E-state index is 0.0353. The van der Waals surface area contributed by atoms with Crippen LogP contribution in [-0.4, -0.2) is 10.9 Å². The van der Waals surface area contributed by atoms with Crippen molar-refractivity contribution >= 4 is 44.2 Å². The monoisotopic (exact) mass is 342 g/mol. The summed E-state index contributed by atoms with van der Waals surface area (Å²) < 4.78 is 39.9. The Hall–Kier alpha value is -2.12. The minimum atomic E-state index is -0.813. The number of amides is 1. The molecule has 0 spiro atoms. The Morgan fingerprint density at radius 1 is 1.14 bits per heavy atom. The molecule has 1 amide bonds. The van der Waals surface area contributed by atoms with Gasteiger partial charge in [0, 0.05) is 6.07 Å². The van der Waals surface area contributed by atoms with Crippen molar-refractivity contribution in [2.45, 2.75) is 0 Å². The Balaban J connectivity index is 1.92. The molecule has 0 saturated carbocycles. The summed E-state index contributed by atoms with van der Waals surface area (Å²) in [4.78, 5) is 15.9. The molecule has 3 rings (SSSR count). The predicted molar refractivity (Wildman–Crippen MR) is 78.9 cm³/mol. The van der Waals surface area contributed by atoms with Gasteiger partial charge in [0.25, 0.3) is 5.91 Å². The number of aromatic nitrogens is 1. The summed E-state index contributed by atoms with van der Waals surface area (Å²) in [6, 6.07) is 5.15. The summed E-state index contributed by atoms with van der Waals surface area (Å²) in [5.74, 6) is -2.73. The molecule has 112 valence electrons. The molecule has 8 heteroatoms. The van der Waals surface area contributed by atoms with E-state index in [2.05, 4.69) is 10.3 Å². The maximum absolute atomic E-state index is 13.6. The summed E-state index contributed by atoms with van der Waals surface area (Å²) >= 11 is 6.71. The van der Waals surface area contributed by atoms with E-state index in [-0.39, 0.29) is 25.9 Å². The van der Waals surface area contributed by atoms with Gasteiger partial charge in [0.1, 0.15) is 17.2 Å². The van der Waals surface area contributed by atoms with Crippen LogP contribution in [0.25, 0.3) is 10.2 Å². The highest BCUT2D eigenvalue weighted by molar-refractivity contribution is 7.22. The second-order valence-corrected chi connectivity index (χ2v) is 5.77. The molecule has 1 aromatic heterocycles. The minimum Gasteiger partial charge on any atom is -0.298 e. The van der Waals surface area contributed by atoms with Crippen molar-refractivity contribution in [2.75, 3.05) is 5.32 Å². The van der Waals surface area contributed by atoms with Crippen molar-refractivity contribution < 1.29 is 18.0 Å². The van der Waals surface area contributed by atoms with Gasteiger partial charge in [-0.25, -0.2) is 18.2 Å². The summed E-state index contributed by atoms with van der Waals surface area (Å²) in [7, 11) is 0. The normalized spacial score (nSPS) is 10.9. The molecule has 0 saturated heterocycles. The molecule has 3 aromatic rings. The molecule has 0 atom stereocenters. The molecule has 0 fully saturated rings. The molecule has 3 nitrogen and oxygen atoms in total. The summed E-state index contributed by atoms with van der Waals surface area (Å²) in [6.07, 6.45) is 0. The van der Waals surface area contributed by atoms with E-state index in [0.717, 1.165) is 29.5 Å². The highest BCUT2D eigenvalue weighted by Crippen LogP contribution is 2.29. The zero-order chi connectivity index (χ0) is 15.9. The van der Waals surface area contributed by atoms with Crippen molar-refractivity contribution in [2.24, 2.45) is 0 Å². The average molecular weight is 343 g/mol. The fourth-order valence-corrected chi connectivity index (χ4v) is 3.00. The third kappa shape index (κ3) is 2.77. The quantitative estimate of drug-likeness (QED) is 0.738. The van der Waals surface area contributed by atoms with Gasteiger partial charge in [-0.05, 0) is 24.3 Å². The van der Waals surface area contributed by atoms with Crippen LogP contribution in [0, 0.1) is 17.5 Å². The van der Waals surface area contributed by atoms with E-state index in [0.29, 0.717) is 6.07 Å². The standard InChI is InChI=1S/C14H6ClF3N2OS/c15-9-3-6(16)1-2-8(9)13(21)20-14-19-12-10(18)4-7(17)5-11(12)22-14/h1-5H,(H,19,20,21). The molecular formula is C14H6ClF3N2OS. The number of halogens is 4. The van der Waals surface area contributed by atoms with E-state index >= 15 is 0 Å². The SMILES string of the molecule is O=C(Nc1nc2c(F)cc(F)cc2s1)c1ccc(F)cc1Cl. The maximum Gasteiger partial charge on any atom is 0.258 e. The summed E-state index contributed by atoms with van der Waals surface area (Å²) in [6.45, 7) is 0. The number of hydrogen-bond donors (Lipinski definition) is 1. The average Bonchev–Trinajstić information content (AvgIpc) is 2.81. The molecule has 0 aliphatic carbocycles. The smallest absolute Gasteiger partial charge is 0.258 e. The number of anilines is 1.